The molecule has 1 aromatic carbocycles. The van der Waals surface area contributed by atoms with Gasteiger partial charge >= 0.3 is 5.97 Å². The van der Waals surface area contributed by atoms with Gasteiger partial charge in [-0.2, -0.15) is 5.10 Å². The van der Waals surface area contributed by atoms with Crippen LogP contribution in [0.15, 0.2) is 18.2 Å². The Morgan fingerprint density at radius 2 is 2.00 bits per heavy atom. The molecule has 2 rings (SSSR count). The summed E-state index contributed by atoms with van der Waals surface area (Å²) in [5, 5.41) is 7.67. The number of amides is 1. The van der Waals surface area contributed by atoms with Crippen LogP contribution < -0.4 is 5.32 Å². The van der Waals surface area contributed by atoms with Gasteiger partial charge in [0.2, 0.25) is 5.91 Å². The fourth-order valence-electron chi connectivity index (χ4n) is 2.95. The van der Waals surface area contributed by atoms with Crippen LogP contribution in [-0.4, -0.2) is 28.8 Å². The van der Waals surface area contributed by atoms with Gasteiger partial charge in [0.15, 0.2) is 0 Å². The van der Waals surface area contributed by atoms with Gasteiger partial charge in [-0.25, -0.2) is 4.79 Å². The summed E-state index contributed by atoms with van der Waals surface area (Å²) in [5.74, 6) is -0.170. The molecule has 0 aliphatic rings. The second kappa shape index (κ2) is 9.04. The molecule has 0 saturated heterocycles. The zero-order valence-electron chi connectivity index (χ0n) is 16.4. The lowest BCUT2D eigenvalue weighted by Crippen LogP contribution is -2.14. The van der Waals surface area contributed by atoms with Gasteiger partial charge in [0.25, 0.3) is 0 Å². The Bertz CT molecular complexity index is 843. The Labute approximate surface area is 164 Å². The number of carbonyl (C=O) groups excluding carboxylic acids is 2. The molecule has 6 nitrogen and oxygen atoms in total. The minimum absolute atomic E-state index is 0.136. The summed E-state index contributed by atoms with van der Waals surface area (Å²) >= 11 is 6.00. The topological polar surface area (TPSA) is 73.2 Å². The first-order valence-electron chi connectivity index (χ1n) is 8.93. The zero-order valence-corrected chi connectivity index (χ0v) is 17.2. The first-order chi connectivity index (χ1) is 12.7. The maximum absolute atomic E-state index is 12.3. The monoisotopic (exact) mass is 391 g/mol. The highest BCUT2D eigenvalue weighted by molar-refractivity contribution is 6.33. The first-order valence-corrected chi connectivity index (χ1v) is 9.31. The van der Waals surface area contributed by atoms with Crippen LogP contribution in [-0.2, 0) is 22.5 Å². The van der Waals surface area contributed by atoms with E-state index in [0.29, 0.717) is 24.4 Å². The molecule has 7 heteroatoms. The number of esters is 1. The molecule has 27 heavy (non-hydrogen) atoms. The average Bonchev–Trinajstić information content (AvgIpc) is 2.86. The van der Waals surface area contributed by atoms with Crippen LogP contribution in [0.4, 0.5) is 5.69 Å². The molecule has 0 aliphatic carbocycles. The second-order valence-corrected chi connectivity index (χ2v) is 7.37. The molecule has 0 aliphatic heterocycles. The quantitative estimate of drug-likeness (QED) is 0.719. The van der Waals surface area contributed by atoms with Crippen molar-refractivity contribution in [2.24, 2.45) is 5.92 Å². The van der Waals surface area contributed by atoms with Gasteiger partial charge in [-0.3, -0.25) is 9.48 Å². The SMILES string of the molecule is COC(=O)c1cc(NC(=O)CCc2c(C)nn(CC(C)C)c2C)ccc1Cl. The number of nitrogens with one attached hydrogen (secondary N) is 1. The first kappa shape index (κ1) is 21.0. The van der Waals surface area contributed by atoms with Crippen molar-refractivity contribution in [3.8, 4) is 0 Å². The minimum atomic E-state index is -0.542. The second-order valence-electron chi connectivity index (χ2n) is 6.96. The van der Waals surface area contributed by atoms with Gasteiger partial charge in [-0.05, 0) is 49.9 Å². The number of methoxy groups -OCH3 is 1. The Hall–Kier alpha value is -2.34. The highest BCUT2D eigenvalue weighted by Crippen LogP contribution is 2.22. The molecule has 0 spiro atoms. The van der Waals surface area contributed by atoms with E-state index in [-0.39, 0.29) is 16.5 Å². The van der Waals surface area contributed by atoms with Crippen molar-refractivity contribution < 1.29 is 14.3 Å². The fraction of sp³-hybridized carbons (Fsp3) is 0.450. The number of carbonyl (C=O) groups is 2. The molecule has 1 aromatic heterocycles. The van der Waals surface area contributed by atoms with Crippen LogP contribution in [0.2, 0.25) is 5.02 Å². The number of aryl methyl sites for hydroxylation is 1. The molecule has 146 valence electrons. The van der Waals surface area contributed by atoms with Crippen molar-refractivity contribution in [1.82, 2.24) is 9.78 Å². The van der Waals surface area contributed by atoms with Gasteiger partial charge in [-0.1, -0.05) is 25.4 Å². The van der Waals surface area contributed by atoms with Crippen molar-refractivity contribution in [2.75, 3.05) is 12.4 Å². The molecule has 2 aromatic rings. The standard InChI is InChI=1S/C20H26ClN3O3/c1-12(2)11-24-14(4)16(13(3)23-24)7-9-19(25)22-15-6-8-18(21)17(10-15)20(26)27-5/h6,8,10,12H,7,9,11H2,1-5H3,(H,22,25). The number of hydrogen-bond donors (Lipinski definition) is 1. The molecule has 0 fully saturated rings. The predicted octanol–water partition coefficient (Wildman–Crippen LogP) is 4.17. The van der Waals surface area contributed by atoms with E-state index >= 15 is 0 Å². The van der Waals surface area contributed by atoms with E-state index in [4.69, 9.17) is 16.3 Å². The van der Waals surface area contributed by atoms with Gasteiger partial charge in [-0.15, -0.1) is 0 Å². The lowest BCUT2D eigenvalue weighted by molar-refractivity contribution is -0.116. The lowest BCUT2D eigenvalue weighted by atomic mass is 10.1. The average molecular weight is 392 g/mol. The molecule has 0 radical (unpaired) electrons. The van der Waals surface area contributed by atoms with Crippen LogP contribution in [0.3, 0.4) is 0 Å². The van der Waals surface area contributed by atoms with E-state index in [2.05, 4.69) is 24.3 Å². The van der Waals surface area contributed by atoms with Gasteiger partial charge in [0.05, 0.1) is 23.4 Å². The normalized spacial score (nSPS) is 10.9. The van der Waals surface area contributed by atoms with Gasteiger partial charge < -0.3 is 10.1 Å². The zero-order chi connectivity index (χ0) is 20.1. The number of ether oxygens (including phenoxy) is 1. The van der Waals surface area contributed by atoms with E-state index in [1.54, 1.807) is 12.1 Å². The van der Waals surface area contributed by atoms with E-state index in [9.17, 15) is 9.59 Å². The van der Waals surface area contributed by atoms with E-state index in [0.717, 1.165) is 23.5 Å². The van der Waals surface area contributed by atoms with Crippen molar-refractivity contribution in [1.29, 1.82) is 0 Å². The third-order valence-corrected chi connectivity index (χ3v) is 4.66. The summed E-state index contributed by atoms with van der Waals surface area (Å²) in [4.78, 5) is 24.0. The number of benzene rings is 1. The third-order valence-electron chi connectivity index (χ3n) is 4.33. The molecule has 1 amide bonds. The smallest absolute Gasteiger partial charge is 0.339 e. The maximum atomic E-state index is 12.3. The summed E-state index contributed by atoms with van der Waals surface area (Å²) in [6, 6.07) is 4.74. The molecule has 0 bridgehead atoms. The van der Waals surface area contributed by atoms with E-state index < -0.39 is 5.97 Å². The highest BCUT2D eigenvalue weighted by Gasteiger charge is 2.15. The van der Waals surface area contributed by atoms with Crippen molar-refractivity contribution in [2.45, 2.75) is 47.1 Å². The largest absolute Gasteiger partial charge is 0.465 e. The van der Waals surface area contributed by atoms with Crippen LogP contribution in [0.25, 0.3) is 0 Å². The molecule has 1 N–H and O–H groups in total. The Morgan fingerprint density at radius 1 is 1.30 bits per heavy atom. The fourth-order valence-corrected chi connectivity index (χ4v) is 3.15. The number of aromatic nitrogens is 2. The summed E-state index contributed by atoms with van der Waals surface area (Å²) in [7, 11) is 1.29. The highest BCUT2D eigenvalue weighted by atomic mass is 35.5. The lowest BCUT2D eigenvalue weighted by Gasteiger charge is -2.09. The van der Waals surface area contributed by atoms with Crippen LogP contribution in [0.5, 0.6) is 0 Å². The van der Waals surface area contributed by atoms with Gasteiger partial charge in [0, 0.05) is 24.3 Å². The van der Waals surface area contributed by atoms with E-state index in [1.165, 1.54) is 13.2 Å². The van der Waals surface area contributed by atoms with Gasteiger partial charge in [0.1, 0.15) is 0 Å². The van der Waals surface area contributed by atoms with Crippen LogP contribution in [0.1, 0.15) is 47.6 Å². The molecule has 1 heterocycles. The Balaban J connectivity index is 2.03. The summed E-state index contributed by atoms with van der Waals surface area (Å²) in [6.45, 7) is 9.17. The van der Waals surface area contributed by atoms with Crippen molar-refractivity contribution in [3.05, 3.63) is 45.7 Å². The van der Waals surface area contributed by atoms with Crippen molar-refractivity contribution in [3.63, 3.8) is 0 Å². The van der Waals surface area contributed by atoms with Crippen LogP contribution in [0, 0.1) is 19.8 Å². The van der Waals surface area contributed by atoms with Crippen molar-refractivity contribution >= 4 is 29.2 Å². The Morgan fingerprint density at radius 3 is 2.63 bits per heavy atom. The number of nitrogens with zero attached hydrogens (tertiary/aromatic N) is 2. The number of rotatable bonds is 7. The summed E-state index contributed by atoms with van der Waals surface area (Å²) in [6.07, 6.45) is 0.935. The molecule has 0 saturated carbocycles. The molecule has 0 unspecified atom stereocenters. The maximum Gasteiger partial charge on any atom is 0.339 e. The molecular formula is C20H26ClN3O3. The number of anilines is 1. The summed E-state index contributed by atoms with van der Waals surface area (Å²) in [5.41, 5.74) is 3.90. The molecular weight excluding hydrogens is 366 g/mol. The minimum Gasteiger partial charge on any atom is -0.465 e. The third kappa shape index (κ3) is 5.32. The number of halogens is 1. The Kier molecular flexibility index (Phi) is 7.02. The van der Waals surface area contributed by atoms with E-state index in [1.807, 2.05) is 18.5 Å². The number of hydrogen-bond acceptors (Lipinski definition) is 4. The predicted molar refractivity (Wildman–Crippen MR) is 106 cm³/mol. The summed E-state index contributed by atoms with van der Waals surface area (Å²) < 4.78 is 6.70. The molecule has 0 atom stereocenters. The van der Waals surface area contributed by atoms with Crippen LogP contribution >= 0.6 is 11.6 Å².